The van der Waals surface area contributed by atoms with Gasteiger partial charge in [-0.15, -0.1) is 0 Å². The third kappa shape index (κ3) is 2.07. The topological polar surface area (TPSA) is 35.6 Å². The van der Waals surface area contributed by atoms with Crippen LogP contribution in [0.1, 0.15) is 13.8 Å². The average Bonchev–Trinajstić information content (AvgIpc) is 2.18. The molecule has 1 aliphatic heterocycles. The first-order valence-electron chi connectivity index (χ1n) is 5.27. The molecule has 1 heterocycles. The molecule has 0 aromatic rings. The Morgan fingerprint density at radius 3 is 2.71 bits per heavy atom. The van der Waals surface area contributed by atoms with Crippen LogP contribution in [0.2, 0.25) is 0 Å². The Kier molecular flexibility index (Phi) is 3.89. The molecule has 0 radical (unpaired) electrons. The first-order chi connectivity index (χ1) is 6.61. The Morgan fingerprint density at radius 1 is 1.57 bits per heavy atom. The lowest BCUT2D eigenvalue weighted by atomic mass is 10.1. The minimum absolute atomic E-state index is 0.00343. The number of nitrogens with zero attached hydrogens (tertiary/aromatic N) is 2. The zero-order valence-electron chi connectivity index (χ0n) is 9.58. The van der Waals surface area contributed by atoms with Crippen LogP contribution in [0.3, 0.4) is 0 Å². The molecule has 14 heavy (non-hydrogen) atoms. The first-order valence-corrected chi connectivity index (χ1v) is 5.27. The number of rotatable bonds is 3. The van der Waals surface area contributed by atoms with Gasteiger partial charge in [-0.2, -0.15) is 0 Å². The van der Waals surface area contributed by atoms with Crippen molar-refractivity contribution in [3.05, 3.63) is 0 Å². The molecule has 0 saturated carbocycles. The Bertz CT molecular complexity index is 208. The molecule has 82 valence electrons. The molecule has 0 aromatic heterocycles. The maximum absolute atomic E-state index is 11.9. The van der Waals surface area contributed by atoms with Crippen LogP contribution < -0.4 is 5.32 Å². The Labute approximate surface area is 86.2 Å². The molecule has 4 nitrogen and oxygen atoms in total. The smallest absolute Gasteiger partial charge is 0.241 e. The molecule has 4 heteroatoms. The van der Waals surface area contributed by atoms with Crippen molar-refractivity contribution in [2.45, 2.75) is 25.9 Å². The van der Waals surface area contributed by atoms with Gasteiger partial charge in [0.2, 0.25) is 5.91 Å². The van der Waals surface area contributed by atoms with E-state index in [0.29, 0.717) is 6.04 Å². The second-order valence-corrected chi connectivity index (χ2v) is 3.96. The minimum atomic E-state index is 0.00343. The van der Waals surface area contributed by atoms with Gasteiger partial charge in [0.15, 0.2) is 0 Å². The van der Waals surface area contributed by atoms with E-state index in [1.54, 1.807) is 0 Å². The van der Waals surface area contributed by atoms with Gasteiger partial charge < -0.3 is 10.2 Å². The molecular formula is C10H21N3O. The third-order valence-corrected chi connectivity index (χ3v) is 3.05. The number of carbonyl (C=O) groups excluding carboxylic acids is 1. The summed E-state index contributed by atoms with van der Waals surface area (Å²) >= 11 is 0. The number of hydrogen-bond acceptors (Lipinski definition) is 3. The molecule has 0 aliphatic carbocycles. The van der Waals surface area contributed by atoms with E-state index in [1.807, 2.05) is 25.9 Å². The quantitative estimate of drug-likeness (QED) is 0.681. The predicted octanol–water partition coefficient (Wildman–Crippen LogP) is -0.243. The molecule has 0 bridgehead atoms. The van der Waals surface area contributed by atoms with Crippen molar-refractivity contribution >= 4 is 5.91 Å². The van der Waals surface area contributed by atoms with Crippen LogP contribution in [0.5, 0.6) is 0 Å². The maximum Gasteiger partial charge on any atom is 0.241 e. The molecular weight excluding hydrogens is 178 g/mol. The lowest BCUT2D eigenvalue weighted by Gasteiger charge is -2.42. The number of amides is 1. The monoisotopic (exact) mass is 199 g/mol. The summed E-state index contributed by atoms with van der Waals surface area (Å²) in [6.45, 7) is 6.60. The number of likely N-dealkylation sites (N-methyl/N-ethyl adjacent to an activating group) is 3. The zero-order valence-corrected chi connectivity index (χ0v) is 9.58. The average molecular weight is 199 g/mol. The van der Waals surface area contributed by atoms with Gasteiger partial charge in [0, 0.05) is 25.7 Å². The summed E-state index contributed by atoms with van der Waals surface area (Å²) in [6.07, 6.45) is 0. The summed E-state index contributed by atoms with van der Waals surface area (Å²) < 4.78 is 0. The highest BCUT2D eigenvalue weighted by Crippen LogP contribution is 2.14. The van der Waals surface area contributed by atoms with E-state index in [2.05, 4.69) is 17.1 Å². The summed E-state index contributed by atoms with van der Waals surface area (Å²) in [4.78, 5) is 16.0. The fraction of sp³-hybridized carbons (Fsp3) is 0.900. The van der Waals surface area contributed by atoms with E-state index in [1.165, 1.54) is 0 Å². The number of nitrogens with one attached hydrogen (secondary N) is 1. The van der Waals surface area contributed by atoms with Crippen molar-refractivity contribution < 1.29 is 4.79 Å². The Morgan fingerprint density at radius 2 is 2.21 bits per heavy atom. The normalized spacial score (nSPS) is 29.7. The molecule has 1 N–H and O–H groups in total. The number of piperazine rings is 1. The van der Waals surface area contributed by atoms with E-state index in [0.717, 1.165) is 19.6 Å². The molecule has 2 atom stereocenters. The first kappa shape index (κ1) is 11.5. The number of hydrogen-bond donors (Lipinski definition) is 1. The van der Waals surface area contributed by atoms with Crippen LogP contribution >= 0.6 is 0 Å². The van der Waals surface area contributed by atoms with Crippen LogP contribution in [0.4, 0.5) is 0 Å². The Hall–Kier alpha value is -0.610. The SMILES string of the molecule is CCN1CC(C)N(C)C(CNC)C1=O. The summed E-state index contributed by atoms with van der Waals surface area (Å²) in [7, 11) is 3.91. The van der Waals surface area contributed by atoms with Crippen molar-refractivity contribution in [1.82, 2.24) is 15.1 Å². The lowest BCUT2D eigenvalue weighted by Crippen LogP contribution is -2.61. The summed E-state index contributed by atoms with van der Waals surface area (Å²) in [5.74, 6) is 0.252. The van der Waals surface area contributed by atoms with Crippen LogP contribution in [0.15, 0.2) is 0 Å². The minimum Gasteiger partial charge on any atom is -0.340 e. The van der Waals surface area contributed by atoms with Gasteiger partial charge in [-0.3, -0.25) is 9.69 Å². The van der Waals surface area contributed by atoms with Crippen LogP contribution in [0, 0.1) is 0 Å². The van der Waals surface area contributed by atoms with Crippen molar-refractivity contribution in [2.24, 2.45) is 0 Å². The summed E-state index contributed by atoms with van der Waals surface area (Å²) in [6, 6.07) is 0.453. The van der Waals surface area contributed by atoms with E-state index in [-0.39, 0.29) is 11.9 Å². The molecule has 1 rings (SSSR count). The van der Waals surface area contributed by atoms with E-state index in [4.69, 9.17) is 0 Å². The molecule has 0 aromatic carbocycles. The highest BCUT2D eigenvalue weighted by Gasteiger charge is 2.35. The van der Waals surface area contributed by atoms with E-state index in [9.17, 15) is 4.79 Å². The predicted molar refractivity (Wildman–Crippen MR) is 57.2 cm³/mol. The molecule has 1 aliphatic rings. The van der Waals surface area contributed by atoms with Crippen molar-refractivity contribution in [3.63, 3.8) is 0 Å². The molecule has 1 amide bonds. The standard InChI is InChI=1S/C10H21N3O/c1-5-13-7-8(2)12(4)9(6-11-3)10(13)14/h8-9,11H,5-7H2,1-4H3. The van der Waals surface area contributed by atoms with Crippen LogP contribution in [-0.4, -0.2) is 61.5 Å². The highest BCUT2D eigenvalue weighted by molar-refractivity contribution is 5.83. The Balaban J connectivity index is 2.72. The molecule has 1 saturated heterocycles. The van der Waals surface area contributed by atoms with Gasteiger partial charge in [0.25, 0.3) is 0 Å². The number of carbonyl (C=O) groups is 1. The molecule has 2 unspecified atom stereocenters. The molecule has 0 spiro atoms. The fourth-order valence-electron chi connectivity index (χ4n) is 1.94. The van der Waals surface area contributed by atoms with E-state index >= 15 is 0 Å². The van der Waals surface area contributed by atoms with Gasteiger partial charge in [0.05, 0.1) is 0 Å². The van der Waals surface area contributed by atoms with Crippen molar-refractivity contribution in [2.75, 3.05) is 33.7 Å². The maximum atomic E-state index is 11.9. The molecule has 1 fully saturated rings. The van der Waals surface area contributed by atoms with Gasteiger partial charge in [0.1, 0.15) is 6.04 Å². The van der Waals surface area contributed by atoms with Gasteiger partial charge >= 0.3 is 0 Å². The fourth-order valence-corrected chi connectivity index (χ4v) is 1.94. The van der Waals surface area contributed by atoms with Crippen LogP contribution in [0.25, 0.3) is 0 Å². The summed E-state index contributed by atoms with van der Waals surface area (Å²) in [5, 5.41) is 3.07. The second-order valence-electron chi connectivity index (χ2n) is 3.96. The largest absolute Gasteiger partial charge is 0.340 e. The lowest BCUT2D eigenvalue weighted by molar-refractivity contribution is -0.142. The summed E-state index contributed by atoms with van der Waals surface area (Å²) in [5.41, 5.74) is 0. The van der Waals surface area contributed by atoms with Crippen molar-refractivity contribution in [1.29, 1.82) is 0 Å². The van der Waals surface area contributed by atoms with Gasteiger partial charge in [-0.25, -0.2) is 0 Å². The van der Waals surface area contributed by atoms with E-state index < -0.39 is 0 Å². The van der Waals surface area contributed by atoms with Gasteiger partial charge in [-0.05, 0) is 27.9 Å². The third-order valence-electron chi connectivity index (χ3n) is 3.05. The van der Waals surface area contributed by atoms with Crippen LogP contribution in [-0.2, 0) is 4.79 Å². The highest BCUT2D eigenvalue weighted by atomic mass is 16.2. The second kappa shape index (κ2) is 4.75. The van der Waals surface area contributed by atoms with Gasteiger partial charge in [-0.1, -0.05) is 0 Å². The zero-order chi connectivity index (χ0) is 10.7. The van der Waals surface area contributed by atoms with Crippen molar-refractivity contribution in [3.8, 4) is 0 Å².